The van der Waals surface area contributed by atoms with Crippen molar-refractivity contribution in [3.8, 4) is 0 Å². The van der Waals surface area contributed by atoms with Crippen molar-refractivity contribution in [3.63, 3.8) is 0 Å². The van der Waals surface area contributed by atoms with Crippen LogP contribution in [0.5, 0.6) is 0 Å². The van der Waals surface area contributed by atoms with Crippen LogP contribution in [0, 0.1) is 6.92 Å². The van der Waals surface area contributed by atoms with E-state index in [0.29, 0.717) is 5.56 Å². The quantitative estimate of drug-likeness (QED) is 0.635. The molecule has 106 valence electrons. The second-order valence-corrected chi connectivity index (χ2v) is 5.01. The van der Waals surface area contributed by atoms with Crippen LogP contribution in [-0.2, 0) is 16.6 Å². The first kappa shape index (κ1) is 15.4. The molecule has 1 aromatic heterocycles. The van der Waals surface area contributed by atoms with Crippen molar-refractivity contribution >= 4 is 29.0 Å². The van der Waals surface area contributed by atoms with Crippen LogP contribution in [-0.4, -0.2) is 40.4 Å². The average molecular weight is 284 g/mol. The number of thiocarbonyl (C=S) groups is 1. The van der Waals surface area contributed by atoms with Gasteiger partial charge in [0.2, 0.25) is 0 Å². The maximum atomic E-state index is 11.5. The summed E-state index contributed by atoms with van der Waals surface area (Å²) in [7, 11) is 3.17. The van der Waals surface area contributed by atoms with Crippen LogP contribution < -0.4 is 10.6 Å². The first-order valence-corrected chi connectivity index (χ1v) is 6.37. The molecule has 0 spiro atoms. The van der Waals surface area contributed by atoms with E-state index in [0.717, 1.165) is 11.5 Å². The number of methoxy groups -OCH3 is 1. The Labute approximate surface area is 118 Å². The molecule has 0 radical (unpaired) electrons. The van der Waals surface area contributed by atoms with Gasteiger partial charge in [0, 0.05) is 13.1 Å². The lowest BCUT2D eigenvalue weighted by molar-refractivity contribution is -0.139. The number of rotatable bonds is 5. The summed E-state index contributed by atoms with van der Waals surface area (Å²) in [4.78, 5) is 13.7. The molecule has 0 fully saturated rings. The summed E-state index contributed by atoms with van der Waals surface area (Å²) in [5, 5.41) is 4.32. The van der Waals surface area contributed by atoms with Crippen LogP contribution in [0.2, 0.25) is 0 Å². The number of nitrogens with two attached hydrogens (primary N) is 1. The molecule has 0 saturated heterocycles. The van der Waals surface area contributed by atoms with Crippen molar-refractivity contribution in [2.75, 3.05) is 18.6 Å². The zero-order valence-corrected chi connectivity index (χ0v) is 12.7. The van der Waals surface area contributed by atoms with Gasteiger partial charge in [0.25, 0.3) is 0 Å². The van der Waals surface area contributed by atoms with Crippen LogP contribution in [0.1, 0.15) is 25.1 Å². The fourth-order valence-electron chi connectivity index (χ4n) is 1.97. The predicted molar refractivity (Wildman–Crippen MR) is 78.3 cm³/mol. The van der Waals surface area contributed by atoms with Crippen molar-refractivity contribution in [3.05, 3.63) is 11.3 Å². The second kappa shape index (κ2) is 6.01. The number of anilines is 1. The van der Waals surface area contributed by atoms with Crippen molar-refractivity contribution in [2.24, 2.45) is 12.8 Å². The maximum Gasteiger partial charge on any atom is 0.325 e. The van der Waals surface area contributed by atoms with Crippen LogP contribution in [0.15, 0.2) is 0 Å². The molecule has 0 aliphatic rings. The third-order valence-electron chi connectivity index (χ3n) is 2.86. The van der Waals surface area contributed by atoms with E-state index in [2.05, 4.69) is 5.10 Å². The smallest absolute Gasteiger partial charge is 0.325 e. The molecule has 1 heterocycles. The summed E-state index contributed by atoms with van der Waals surface area (Å²) in [6, 6.07) is 0.0852. The summed E-state index contributed by atoms with van der Waals surface area (Å²) in [5.41, 5.74) is 7.22. The number of aromatic nitrogens is 2. The van der Waals surface area contributed by atoms with Crippen LogP contribution >= 0.6 is 12.2 Å². The Kier molecular flexibility index (Phi) is 4.88. The van der Waals surface area contributed by atoms with Crippen molar-refractivity contribution in [1.29, 1.82) is 0 Å². The van der Waals surface area contributed by atoms with Crippen LogP contribution in [0.4, 0.5) is 5.82 Å². The minimum atomic E-state index is -0.318. The van der Waals surface area contributed by atoms with Gasteiger partial charge in [-0.3, -0.25) is 9.48 Å². The molecule has 0 saturated carbocycles. The Morgan fingerprint density at radius 3 is 2.58 bits per heavy atom. The molecule has 0 bridgehead atoms. The van der Waals surface area contributed by atoms with Crippen LogP contribution in [0.25, 0.3) is 0 Å². The van der Waals surface area contributed by atoms with E-state index in [4.69, 9.17) is 22.7 Å². The third-order valence-corrected chi connectivity index (χ3v) is 3.06. The van der Waals surface area contributed by atoms with E-state index in [9.17, 15) is 4.79 Å². The number of aryl methyl sites for hydroxylation is 2. The molecule has 0 aromatic carbocycles. The van der Waals surface area contributed by atoms with Gasteiger partial charge in [-0.2, -0.15) is 5.10 Å². The number of hydrogen-bond donors (Lipinski definition) is 1. The fraction of sp³-hybridized carbons (Fsp3) is 0.583. The lowest BCUT2D eigenvalue weighted by Crippen LogP contribution is -2.38. The third kappa shape index (κ3) is 3.23. The van der Waals surface area contributed by atoms with Gasteiger partial charge in [-0.25, -0.2) is 0 Å². The van der Waals surface area contributed by atoms with Gasteiger partial charge in [-0.1, -0.05) is 12.2 Å². The summed E-state index contributed by atoms with van der Waals surface area (Å²) in [5.74, 6) is 0.423. The van der Waals surface area contributed by atoms with E-state index < -0.39 is 0 Å². The molecule has 6 nitrogen and oxygen atoms in total. The highest BCUT2D eigenvalue weighted by Gasteiger charge is 2.25. The highest BCUT2D eigenvalue weighted by atomic mass is 32.1. The monoisotopic (exact) mass is 284 g/mol. The number of esters is 1. The van der Waals surface area contributed by atoms with E-state index in [1.165, 1.54) is 7.11 Å². The minimum absolute atomic E-state index is 0.0852. The minimum Gasteiger partial charge on any atom is -0.468 e. The molecule has 0 aliphatic heterocycles. The largest absolute Gasteiger partial charge is 0.468 e. The van der Waals surface area contributed by atoms with Gasteiger partial charge >= 0.3 is 5.97 Å². The topological polar surface area (TPSA) is 73.4 Å². The molecule has 2 N–H and O–H groups in total. The lowest BCUT2D eigenvalue weighted by Gasteiger charge is -2.28. The van der Waals surface area contributed by atoms with E-state index in [-0.39, 0.29) is 23.5 Å². The van der Waals surface area contributed by atoms with Crippen LogP contribution in [0.3, 0.4) is 0 Å². The molecule has 7 heteroatoms. The number of ether oxygens (including phenoxy) is 1. The van der Waals surface area contributed by atoms with Crippen molar-refractivity contribution in [1.82, 2.24) is 9.78 Å². The lowest BCUT2D eigenvalue weighted by atomic mass is 10.2. The fourth-order valence-corrected chi connectivity index (χ4v) is 2.21. The summed E-state index contributed by atoms with van der Waals surface area (Å²) >= 11 is 5.08. The molecular formula is C12H20N4O2S. The number of carbonyl (C=O) groups excluding carboxylic acids is 1. The maximum absolute atomic E-state index is 11.5. The zero-order chi connectivity index (χ0) is 14.7. The number of nitrogens with zero attached hydrogens (tertiary/aromatic N) is 3. The molecule has 1 rings (SSSR count). The Morgan fingerprint density at radius 1 is 1.58 bits per heavy atom. The molecule has 0 aliphatic carbocycles. The molecule has 0 amide bonds. The summed E-state index contributed by atoms with van der Waals surface area (Å²) in [6.45, 7) is 5.93. The molecule has 0 unspecified atom stereocenters. The highest BCUT2D eigenvalue weighted by molar-refractivity contribution is 7.80. The van der Waals surface area contributed by atoms with Gasteiger partial charge in [0.15, 0.2) is 0 Å². The molecule has 1 aromatic rings. The first-order valence-electron chi connectivity index (χ1n) is 5.96. The standard InChI is InChI=1S/C12H20N4O2S/c1-7(2)16(6-9(17)18-5)12-10(11(13)19)8(3)14-15(12)4/h7H,6H2,1-5H3,(H2,13,19). The summed E-state index contributed by atoms with van der Waals surface area (Å²) < 4.78 is 6.41. The van der Waals surface area contributed by atoms with Gasteiger partial charge < -0.3 is 15.4 Å². The zero-order valence-electron chi connectivity index (χ0n) is 11.9. The van der Waals surface area contributed by atoms with Gasteiger partial charge in [-0.05, 0) is 20.8 Å². The highest BCUT2D eigenvalue weighted by Crippen LogP contribution is 2.24. The van der Waals surface area contributed by atoms with Gasteiger partial charge in [0.05, 0.1) is 18.4 Å². The summed E-state index contributed by atoms with van der Waals surface area (Å²) in [6.07, 6.45) is 0. The Morgan fingerprint density at radius 2 is 2.16 bits per heavy atom. The van der Waals surface area contributed by atoms with E-state index in [1.54, 1.807) is 11.7 Å². The number of carbonyl (C=O) groups is 1. The molecule has 0 atom stereocenters. The SMILES string of the molecule is COC(=O)CN(c1c(C(N)=S)c(C)nn1C)C(C)C. The number of hydrogen-bond acceptors (Lipinski definition) is 5. The first-order chi connectivity index (χ1) is 8.79. The Bertz CT molecular complexity index is 496. The average Bonchev–Trinajstić information content (AvgIpc) is 2.60. The second-order valence-electron chi connectivity index (χ2n) is 4.57. The van der Waals surface area contributed by atoms with Gasteiger partial charge in [-0.15, -0.1) is 0 Å². The van der Waals surface area contributed by atoms with Crippen molar-refractivity contribution in [2.45, 2.75) is 26.8 Å². The molecule has 19 heavy (non-hydrogen) atoms. The normalized spacial score (nSPS) is 10.6. The van der Waals surface area contributed by atoms with E-state index >= 15 is 0 Å². The predicted octanol–water partition coefficient (Wildman–Crippen LogP) is 0.751. The Balaban J connectivity index is 3.30. The molecular weight excluding hydrogens is 264 g/mol. The van der Waals surface area contributed by atoms with Crippen molar-refractivity contribution < 1.29 is 9.53 Å². The van der Waals surface area contributed by atoms with Gasteiger partial charge in [0.1, 0.15) is 17.4 Å². The van der Waals surface area contributed by atoms with E-state index in [1.807, 2.05) is 25.7 Å². The Hall–Kier alpha value is -1.63.